The van der Waals surface area contributed by atoms with Crippen molar-refractivity contribution in [2.75, 3.05) is 0 Å². The predicted molar refractivity (Wildman–Crippen MR) is 78.2 cm³/mol. The number of aryl methyl sites for hydroxylation is 1. The molecule has 0 aliphatic heterocycles. The number of aromatic amines is 1. The molecule has 19 heavy (non-hydrogen) atoms. The first-order valence-electron chi connectivity index (χ1n) is 6.17. The number of hydrogen-bond donors (Lipinski definition) is 1. The highest BCUT2D eigenvalue weighted by molar-refractivity contribution is 6.32. The van der Waals surface area contributed by atoms with Gasteiger partial charge in [0, 0.05) is 12.4 Å². The number of aromatic nitrogens is 4. The highest BCUT2D eigenvalue weighted by Gasteiger charge is 2.10. The molecule has 0 amide bonds. The second-order valence-corrected chi connectivity index (χ2v) is 4.21. The number of nitrogens with one attached hydrogen (secondary N) is 1. The molecule has 0 spiro atoms. The van der Waals surface area contributed by atoms with Crippen LogP contribution in [0.25, 0.3) is 22.7 Å². The summed E-state index contributed by atoms with van der Waals surface area (Å²) in [6.07, 6.45) is 3.47. The molecule has 0 unspecified atom stereocenters. The van der Waals surface area contributed by atoms with Crippen LogP contribution in [0.4, 0.5) is 0 Å². The molecule has 5 heteroatoms. The molecule has 4 nitrogen and oxygen atoms in total. The van der Waals surface area contributed by atoms with Crippen molar-refractivity contribution in [3.05, 3.63) is 41.2 Å². The summed E-state index contributed by atoms with van der Waals surface area (Å²) in [4.78, 5) is 16.0. The van der Waals surface area contributed by atoms with Crippen LogP contribution in [0.3, 0.4) is 0 Å². The Morgan fingerprint density at radius 1 is 1.21 bits per heavy atom. The second kappa shape index (κ2) is 5.80. The molecular weight excluding hydrogens is 260 g/mol. The van der Waals surface area contributed by atoms with E-state index in [-0.39, 0.29) is 0 Å². The Bertz CT molecular complexity index is 691. The zero-order chi connectivity index (χ0) is 13.8. The zero-order valence-electron chi connectivity index (χ0n) is 11.1. The minimum Gasteiger partial charge on any atom is -0.335 e. The van der Waals surface area contributed by atoms with E-state index in [1.54, 1.807) is 24.5 Å². The third-order valence-corrected chi connectivity index (χ3v) is 2.76. The SMILES string of the molecule is CC.Cc1cnc2nc(-c3ncccc3Cl)[nH]c2c1. The van der Waals surface area contributed by atoms with Crippen molar-refractivity contribution < 1.29 is 0 Å². The molecule has 0 aliphatic carbocycles. The molecule has 0 bridgehead atoms. The number of pyridine rings is 2. The Labute approximate surface area is 116 Å². The van der Waals surface area contributed by atoms with Crippen molar-refractivity contribution in [2.45, 2.75) is 20.8 Å². The second-order valence-electron chi connectivity index (χ2n) is 3.80. The molecule has 98 valence electrons. The van der Waals surface area contributed by atoms with Crippen LogP contribution < -0.4 is 0 Å². The number of imidazole rings is 1. The Morgan fingerprint density at radius 3 is 2.74 bits per heavy atom. The van der Waals surface area contributed by atoms with Crippen LogP contribution in [0.2, 0.25) is 5.02 Å². The summed E-state index contributed by atoms with van der Waals surface area (Å²) in [5.74, 6) is 0.642. The van der Waals surface area contributed by atoms with E-state index in [1.165, 1.54) is 0 Å². The van der Waals surface area contributed by atoms with Crippen molar-refractivity contribution in [3.8, 4) is 11.5 Å². The fourth-order valence-electron chi connectivity index (χ4n) is 1.68. The van der Waals surface area contributed by atoms with Gasteiger partial charge in [-0.05, 0) is 30.7 Å². The zero-order valence-corrected chi connectivity index (χ0v) is 11.9. The molecular formula is C14H15ClN4. The maximum Gasteiger partial charge on any atom is 0.178 e. The van der Waals surface area contributed by atoms with E-state index in [9.17, 15) is 0 Å². The highest BCUT2D eigenvalue weighted by atomic mass is 35.5. The molecule has 0 saturated heterocycles. The average molecular weight is 275 g/mol. The van der Waals surface area contributed by atoms with Crippen molar-refractivity contribution in [1.82, 2.24) is 19.9 Å². The monoisotopic (exact) mass is 274 g/mol. The van der Waals surface area contributed by atoms with Crippen LogP contribution in [0.15, 0.2) is 30.6 Å². The maximum atomic E-state index is 6.07. The summed E-state index contributed by atoms with van der Waals surface area (Å²) in [7, 11) is 0. The number of halogens is 1. The molecule has 1 N–H and O–H groups in total. The van der Waals surface area contributed by atoms with Gasteiger partial charge in [0.05, 0.1) is 10.5 Å². The first-order valence-corrected chi connectivity index (χ1v) is 6.55. The number of nitrogens with zero attached hydrogens (tertiary/aromatic N) is 3. The Kier molecular flexibility index (Phi) is 4.12. The first-order chi connectivity index (χ1) is 9.24. The maximum absolute atomic E-state index is 6.07. The van der Waals surface area contributed by atoms with Gasteiger partial charge in [-0.3, -0.25) is 4.98 Å². The fourth-order valence-corrected chi connectivity index (χ4v) is 1.89. The van der Waals surface area contributed by atoms with Crippen LogP contribution >= 0.6 is 11.6 Å². The quantitative estimate of drug-likeness (QED) is 0.729. The number of fused-ring (bicyclic) bond motifs is 1. The lowest BCUT2D eigenvalue weighted by Gasteiger charge is -1.96. The summed E-state index contributed by atoms with van der Waals surface area (Å²) in [5, 5.41) is 0.572. The lowest BCUT2D eigenvalue weighted by atomic mass is 10.3. The summed E-state index contributed by atoms with van der Waals surface area (Å²) in [6, 6.07) is 5.57. The third kappa shape index (κ3) is 2.74. The summed E-state index contributed by atoms with van der Waals surface area (Å²) < 4.78 is 0. The summed E-state index contributed by atoms with van der Waals surface area (Å²) >= 11 is 6.07. The van der Waals surface area contributed by atoms with Crippen molar-refractivity contribution in [2.24, 2.45) is 0 Å². The van der Waals surface area contributed by atoms with Crippen LogP contribution in [0.5, 0.6) is 0 Å². The molecule has 3 aromatic rings. The summed E-state index contributed by atoms with van der Waals surface area (Å²) in [5.41, 5.74) is 3.29. The third-order valence-electron chi connectivity index (χ3n) is 2.46. The molecule has 3 heterocycles. The van der Waals surface area contributed by atoms with Crippen molar-refractivity contribution >= 4 is 22.8 Å². The smallest absolute Gasteiger partial charge is 0.178 e. The van der Waals surface area contributed by atoms with Crippen LogP contribution in [-0.4, -0.2) is 19.9 Å². The lowest BCUT2D eigenvalue weighted by Crippen LogP contribution is -1.85. The van der Waals surface area contributed by atoms with Gasteiger partial charge in [0.15, 0.2) is 11.5 Å². The molecule has 3 aromatic heterocycles. The van der Waals surface area contributed by atoms with E-state index in [2.05, 4.69) is 19.9 Å². The number of hydrogen-bond acceptors (Lipinski definition) is 3. The van der Waals surface area contributed by atoms with E-state index >= 15 is 0 Å². The van der Waals surface area contributed by atoms with E-state index in [4.69, 9.17) is 11.6 Å². The van der Waals surface area contributed by atoms with E-state index in [0.717, 1.165) is 11.1 Å². The highest BCUT2D eigenvalue weighted by Crippen LogP contribution is 2.24. The predicted octanol–water partition coefficient (Wildman–Crippen LogP) is 4.01. The molecule has 3 rings (SSSR count). The van der Waals surface area contributed by atoms with E-state index < -0.39 is 0 Å². The van der Waals surface area contributed by atoms with Gasteiger partial charge in [-0.2, -0.15) is 0 Å². The Morgan fingerprint density at radius 2 is 2.00 bits per heavy atom. The average Bonchev–Trinajstić information content (AvgIpc) is 2.84. The lowest BCUT2D eigenvalue weighted by molar-refractivity contribution is 1.23. The Balaban J connectivity index is 0.000000637. The van der Waals surface area contributed by atoms with E-state index in [1.807, 2.05) is 26.8 Å². The topological polar surface area (TPSA) is 54.5 Å². The van der Waals surface area contributed by atoms with Gasteiger partial charge in [0.2, 0.25) is 0 Å². The Hall–Kier alpha value is -1.94. The van der Waals surface area contributed by atoms with Crippen LogP contribution in [0.1, 0.15) is 19.4 Å². The first kappa shape index (κ1) is 13.5. The van der Waals surface area contributed by atoms with Gasteiger partial charge in [-0.15, -0.1) is 0 Å². The molecule has 0 atom stereocenters. The van der Waals surface area contributed by atoms with Crippen LogP contribution in [0, 0.1) is 6.92 Å². The minimum absolute atomic E-state index is 0.572. The number of rotatable bonds is 1. The molecule has 0 saturated carbocycles. The fraction of sp³-hybridized carbons (Fsp3) is 0.214. The van der Waals surface area contributed by atoms with Gasteiger partial charge in [-0.25, -0.2) is 9.97 Å². The van der Waals surface area contributed by atoms with E-state index in [0.29, 0.717) is 22.2 Å². The standard InChI is InChI=1S/C12H9ClN4.C2H6/c1-7-5-9-11(15-6-7)17-12(16-9)10-8(13)3-2-4-14-10;1-2/h2-6H,1H3,(H,15,16,17);1-2H3. The van der Waals surface area contributed by atoms with Gasteiger partial charge in [-0.1, -0.05) is 25.4 Å². The molecule has 0 aromatic carbocycles. The summed E-state index contributed by atoms with van der Waals surface area (Å²) in [6.45, 7) is 5.99. The normalized spacial score (nSPS) is 10.1. The van der Waals surface area contributed by atoms with Gasteiger partial charge >= 0.3 is 0 Å². The van der Waals surface area contributed by atoms with Crippen molar-refractivity contribution in [3.63, 3.8) is 0 Å². The van der Waals surface area contributed by atoms with Gasteiger partial charge in [0.1, 0.15) is 5.69 Å². The molecule has 0 radical (unpaired) electrons. The molecule has 0 aliphatic rings. The van der Waals surface area contributed by atoms with Gasteiger partial charge in [0.25, 0.3) is 0 Å². The van der Waals surface area contributed by atoms with Gasteiger partial charge < -0.3 is 4.98 Å². The number of H-pyrrole nitrogens is 1. The van der Waals surface area contributed by atoms with Crippen molar-refractivity contribution in [1.29, 1.82) is 0 Å². The minimum atomic E-state index is 0.572. The molecule has 0 fully saturated rings. The van der Waals surface area contributed by atoms with Crippen LogP contribution in [-0.2, 0) is 0 Å². The largest absolute Gasteiger partial charge is 0.335 e.